The second kappa shape index (κ2) is 11.0. The number of nitrogens with one attached hydrogen (secondary N) is 1. The number of hydrogen-bond donors (Lipinski definition) is 1. The van der Waals surface area contributed by atoms with Gasteiger partial charge in [0, 0.05) is 38.0 Å². The standard InChI is InChI=1S/C21H30N4S.HI/c1-4-22-21(23-12-10-19-15-26-17(3)24-19)25-13-11-20(16(2)14-25)18-8-6-5-7-9-18;/h5-9,15-16,20H,4,10-14H2,1-3H3,(H,22,23);1H. The van der Waals surface area contributed by atoms with E-state index in [4.69, 9.17) is 4.99 Å². The Labute approximate surface area is 184 Å². The number of rotatable bonds is 5. The molecule has 1 aromatic carbocycles. The monoisotopic (exact) mass is 498 g/mol. The van der Waals surface area contributed by atoms with Crippen LogP contribution in [-0.2, 0) is 6.42 Å². The van der Waals surface area contributed by atoms with Crippen molar-refractivity contribution in [2.24, 2.45) is 10.9 Å². The number of aliphatic imine (C=N–C) groups is 1. The summed E-state index contributed by atoms with van der Waals surface area (Å²) in [6, 6.07) is 10.9. The molecule has 6 heteroatoms. The van der Waals surface area contributed by atoms with Crippen LogP contribution in [0.3, 0.4) is 0 Å². The Morgan fingerprint density at radius 2 is 2.11 bits per heavy atom. The van der Waals surface area contributed by atoms with Crippen molar-refractivity contribution >= 4 is 41.3 Å². The van der Waals surface area contributed by atoms with Crippen molar-refractivity contribution < 1.29 is 0 Å². The number of aromatic nitrogens is 1. The van der Waals surface area contributed by atoms with Gasteiger partial charge in [-0.05, 0) is 37.7 Å². The largest absolute Gasteiger partial charge is 0.357 e. The van der Waals surface area contributed by atoms with Crippen molar-refractivity contribution in [2.45, 2.75) is 39.5 Å². The lowest BCUT2D eigenvalue weighted by Gasteiger charge is -2.39. The van der Waals surface area contributed by atoms with Crippen LogP contribution in [0, 0.1) is 12.8 Å². The SMILES string of the molecule is CCNC(=NCCc1csc(C)n1)N1CCC(c2ccccc2)C(C)C1.I. The number of piperidine rings is 1. The molecule has 0 amide bonds. The van der Waals surface area contributed by atoms with Crippen molar-refractivity contribution in [3.8, 4) is 0 Å². The van der Waals surface area contributed by atoms with Crippen LogP contribution in [0.15, 0.2) is 40.7 Å². The molecule has 2 unspecified atom stereocenters. The van der Waals surface area contributed by atoms with Gasteiger partial charge in [-0.15, -0.1) is 35.3 Å². The summed E-state index contributed by atoms with van der Waals surface area (Å²) in [6.07, 6.45) is 2.09. The first kappa shape index (κ1) is 22.1. The third kappa shape index (κ3) is 6.17. The minimum atomic E-state index is 0. The predicted octanol–water partition coefficient (Wildman–Crippen LogP) is 4.70. The third-order valence-corrected chi connectivity index (χ3v) is 5.89. The van der Waals surface area contributed by atoms with Crippen LogP contribution in [0.25, 0.3) is 0 Å². The molecule has 0 saturated carbocycles. The smallest absolute Gasteiger partial charge is 0.193 e. The molecule has 4 nitrogen and oxygen atoms in total. The summed E-state index contributed by atoms with van der Waals surface area (Å²) in [4.78, 5) is 11.8. The molecule has 27 heavy (non-hydrogen) atoms. The van der Waals surface area contributed by atoms with Gasteiger partial charge < -0.3 is 10.2 Å². The number of benzene rings is 1. The van der Waals surface area contributed by atoms with E-state index in [-0.39, 0.29) is 24.0 Å². The number of thiazole rings is 1. The zero-order valence-corrected chi connectivity index (χ0v) is 19.7. The molecule has 1 aromatic heterocycles. The van der Waals surface area contributed by atoms with Gasteiger partial charge in [-0.2, -0.15) is 0 Å². The van der Waals surface area contributed by atoms with Gasteiger partial charge in [-0.1, -0.05) is 37.3 Å². The van der Waals surface area contributed by atoms with Gasteiger partial charge in [0.05, 0.1) is 10.7 Å². The maximum atomic E-state index is 4.87. The highest BCUT2D eigenvalue weighted by Gasteiger charge is 2.28. The zero-order chi connectivity index (χ0) is 18.4. The summed E-state index contributed by atoms with van der Waals surface area (Å²) in [7, 11) is 0. The lowest BCUT2D eigenvalue weighted by atomic mass is 9.82. The molecule has 0 aliphatic carbocycles. The fourth-order valence-electron chi connectivity index (χ4n) is 3.76. The van der Waals surface area contributed by atoms with E-state index in [2.05, 4.69) is 71.7 Å². The van der Waals surface area contributed by atoms with Crippen molar-refractivity contribution in [1.29, 1.82) is 0 Å². The Morgan fingerprint density at radius 1 is 1.33 bits per heavy atom. The molecular formula is C21H31IN4S. The van der Waals surface area contributed by atoms with Crippen molar-refractivity contribution in [1.82, 2.24) is 15.2 Å². The summed E-state index contributed by atoms with van der Waals surface area (Å²) >= 11 is 1.71. The van der Waals surface area contributed by atoms with Gasteiger partial charge in [-0.3, -0.25) is 4.99 Å². The minimum Gasteiger partial charge on any atom is -0.357 e. The Balaban J connectivity index is 0.00000261. The second-order valence-corrected chi connectivity index (χ2v) is 8.13. The fraction of sp³-hybridized carbons (Fsp3) is 0.524. The third-order valence-electron chi connectivity index (χ3n) is 5.06. The molecule has 2 aromatic rings. The van der Waals surface area contributed by atoms with Crippen LogP contribution < -0.4 is 5.32 Å². The molecule has 1 aliphatic heterocycles. The molecule has 148 valence electrons. The van der Waals surface area contributed by atoms with Crippen LogP contribution in [-0.4, -0.2) is 42.0 Å². The van der Waals surface area contributed by atoms with E-state index in [1.54, 1.807) is 11.3 Å². The molecule has 3 rings (SSSR count). The maximum Gasteiger partial charge on any atom is 0.193 e. The highest BCUT2D eigenvalue weighted by Crippen LogP contribution is 2.32. The maximum absolute atomic E-state index is 4.87. The summed E-state index contributed by atoms with van der Waals surface area (Å²) in [5.41, 5.74) is 2.63. The van der Waals surface area contributed by atoms with Crippen LogP contribution in [0.1, 0.15) is 42.5 Å². The van der Waals surface area contributed by atoms with E-state index in [0.29, 0.717) is 11.8 Å². The summed E-state index contributed by atoms with van der Waals surface area (Å²) < 4.78 is 0. The summed E-state index contributed by atoms with van der Waals surface area (Å²) in [5.74, 6) is 2.32. The Bertz CT molecular complexity index is 716. The van der Waals surface area contributed by atoms with Crippen LogP contribution >= 0.6 is 35.3 Å². The van der Waals surface area contributed by atoms with Crippen molar-refractivity contribution in [2.75, 3.05) is 26.2 Å². The average Bonchev–Trinajstić information content (AvgIpc) is 3.07. The molecule has 1 saturated heterocycles. The minimum absolute atomic E-state index is 0. The van der Waals surface area contributed by atoms with Gasteiger partial charge in [0.2, 0.25) is 0 Å². The quantitative estimate of drug-likeness (QED) is 0.369. The number of hydrogen-bond acceptors (Lipinski definition) is 3. The molecule has 1 N–H and O–H groups in total. The second-order valence-electron chi connectivity index (χ2n) is 7.07. The topological polar surface area (TPSA) is 40.5 Å². The molecule has 1 fully saturated rings. The van der Waals surface area contributed by atoms with Gasteiger partial charge >= 0.3 is 0 Å². The molecule has 2 heterocycles. The zero-order valence-electron chi connectivity index (χ0n) is 16.5. The Morgan fingerprint density at radius 3 is 2.74 bits per heavy atom. The molecule has 0 bridgehead atoms. The van der Waals surface area contributed by atoms with E-state index in [1.165, 1.54) is 12.0 Å². The van der Waals surface area contributed by atoms with Crippen molar-refractivity contribution in [3.63, 3.8) is 0 Å². The first-order chi connectivity index (χ1) is 12.7. The van der Waals surface area contributed by atoms with E-state index in [1.807, 2.05) is 0 Å². The Hall–Kier alpha value is -1.15. The molecule has 0 radical (unpaired) electrons. The van der Waals surface area contributed by atoms with E-state index < -0.39 is 0 Å². The lowest BCUT2D eigenvalue weighted by molar-refractivity contribution is 0.234. The van der Waals surface area contributed by atoms with Crippen molar-refractivity contribution in [3.05, 3.63) is 52.0 Å². The fourth-order valence-corrected chi connectivity index (χ4v) is 4.41. The number of halogens is 1. The van der Waals surface area contributed by atoms with Crippen LogP contribution in [0.5, 0.6) is 0 Å². The van der Waals surface area contributed by atoms with Crippen LogP contribution in [0.2, 0.25) is 0 Å². The Kier molecular flexibility index (Phi) is 9.02. The van der Waals surface area contributed by atoms with Gasteiger partial charge in [0.15, 0.2) is 5.96 Å². The summed E-state index contributed by atoms with van der Waals surface area (Å²) in [5, 5.41) is 6.75. The number of nitrogens with zero attached hydrogens (tertiary/aromatic N) is 3. The molecule has 1 aliphatic rings. The molecular weight excluding hydrogens is 467 g/mol. The lowest BCUT2D eigenvalue weighted by Crippen LogP contribution is -2.48. The predicted molar refractivity (Wildman–Crippen MR) is 126 cm³/mol. The number of aryl methyl sites for hydroxylation is 1. The van der Waals surface area contributed by atoms with Crippen LogP contribution in [0.4, 0.5) is 0 Å². The normalized spacial score (nSPS) is 20.3. The highest BCUT2D eigenvalue weighted by atomic mass is 127. The van der Waals surface area contributed by atoms with Gasteiger partial charge in [-0.25, -0.2) is 4.98 Å². The highest BCUT2D eigenvalue weighted by molar-refractivity contribution is 14.0. The molecule has 2 atom stereocenters. The van der Waals surface area contributed by atoms with E-state index in [9.17, 15) is 0 Å². The van der Waals surface area contributed by atoms with E-state index >= 15 is 0 Å². The molecule has 0 spiro atoms. The van der Waals surface area contributed by atoms with Gasteiger partial charge in [0.1, 0.15) is 0 Å². The number of likely N-dealkylation sites (tertiary alicyclic amines) is 1. The first-order valence-corrected chi connectivity index (χ1v) is 10.5. The first-order valence-electron chi connectivity index (χ1n) is 9.66. The van der Waals surface area contributed by atoms with Gasteiger partial charge in [0.25, 0.3) is 0 Å². The van der Waals surface area contributed by atoms with E-state index in [0.717, 1.165) is 49.3 Å². The number of guanidine groups is 1. The summed E-state index contributed by atoms with van der Waals surface area (Å²) in [6.45, 7) is 10.4. The average molecular weight is 498 g/mol.